The number of fused-ring (bicyclic) bond motifs is 2. The van der Waals surface area contributed by atoms with Gasteiger partial charge in [0, 0.05) is 18.0 Å². The van der Waals surface area contributed by atoms with Crippen LogP contribution >= 0.6 is 0 Å². The molecule has 0 amide bonds. The second-order valence-corrected chi connectivity index (χ2v) is 5.67. The first-order valence-corrected chi connectivity index (χ1v) is 7.46. The first-order valence-electron chi connectivity index (χ1n) is 7.46. The average Bonchev–Trinajstić information content (AvgIpc) is 2.88. The van der Waals surface area contributed by atoms with Crippen molar-refractivity contribution in [3.8, 4) is 11.3 Å². The molecule has 0 saturated carbocycles. The number of rotatable bonds is 2. The third kappa shape index (κ3) is 2.01. The molecule has 0 radical (unpaired) electrons. The van der Waals surface area contributed by atoms with E-state index in [4.69, 9.17) is 0 Å². The lowest BCUT2D eigenvalue weighted by atomic mass is 10.0. The number of carbonyl (C=O) groups is 1. The highest BCUT2D eigenvalue weighted by Gasteiger charge is 2.21. The summed E-state index contributed by atoms with van der Waals surface area (Å²) in [4.78, 5) is 11.9. The number of aryl methyl sites for hydroxylation is 1. The van der Waals surface area contributed by atoms with E-state index >= 15 is 0 Å². The summed E-state index contributed by atoms with van der Waals surface area (Å²) in [6.45, 7) is 0. The predicted octanol–water partition coefficient (Wildman–Crippen LogP) is 4.70. The third-order valence-electron chi connectivity index (χ3n) is 4.34. The number of benzene rings is 3. The van der Waals surface area contributed by atoms with Crippen LogP contribution in [0.25, 0.3) is 32.9 Å². The van der Waals surface area contributed by atoms with Crippen molar-refractivity contribution in [2.75, 3.05) is 0 Å². The molecule has 4 rings (SSSR count). The minimum absolute atomic E-state index is 0.360. The standard InChI is InChI=1S/C20H15NO2/c1-21-17-9-5-4-8-16(17)18(20(22)23)19(21)15-11-10-13-6-2-3-7-14(13)12-15/h2-12H,1H3,(H,22,23). The Morgan fingerprint density at radius 1 is 0.913 bits per heavy atom. The van der Waals surface area contributed by atoms with Gasteiger partial charge in [-0.15, -0.1) is 0 Å². The molecule has 0 aliphatic carbocycles. The molecule has 0 atom stereocenters. The summed E-state index contributed by atoms with van der Waals surface area (Å²) in [6.07, 6.45) is 0. The lowest BCUT2D eigenvalue weighted by molar-refractivity contribution is 0.0699. The van der Waals surface area contributed by atoms with E-state index in [2.05, 4.69) is 12.1 Å². The number of hydrogen-bond acceptors (Lipinski definition) is 1. The summed E-state index contributed by atoms with van der Waals surface area (Å²) < 4.78 is 1.96. The van der Waals surface area contributed by atoms with Gasteiger partial charge in [-0.3, -0.25) is 0 Å². The molecule has 3 nitrogen and oxygen atoms in total. The molecule has 0 aliphatic heterocycles. The summed E-state index contributed by atoms with van der Waals surface area (Å²) in [5, 5.41) is 12.8. The van der Waals surface area contributed by atoms with Crippen molar-refractivity contribution < 1.29 is 9.90 Å². The van der Waals surface area contributed by atoms with Crippen molar-refractivity contribution in [3.63, 3.8) is 0 Å². The molecule has 3 heteroatoms. The molecule has 3 aromatic carbocycles. The number of aromatic carboxylic acids is 1. The molecular formula is C20H15NO2. The van der Waals surface area contributed by atoms with Gasteiger partial charge in [-0.25, -0.2) is 4.79 Å². The first kappa shape index (κ1) is 13.6. The summed E-state index contributed by atoms with van der Waals surface area (Å²) >= 11 is 0. The van der Waals surface area contributed by atoms with Gasteiger partial charge in [0.15, 0.2) is 0 Å². The molecule has 0 bridgehead atoms. The number of carboxylic acid groups (broad SMARTS) is 1. The van der Waals surface area contributed by atoms with Gasteiger partial charge in [0.25, 0.3) is 0 Å². The number of carboxylic acids is 1. The van der Waals surface area contributed by atoms with E-state index in [1.54, 1.807) is 0 Å². The van der Waals surface area contributed by atoms with Gasteiger partial charge >= 0.3 is 5.97 Å². The van der Waals surface area contributed by atoms with Crippen LogP contribution < -0.4 is 0 Å². The van der Waals surface area contributed by atoms with E-state index in [1.807, 2.05) is 66.2 Å². The maximum atomic E-state index is 11.9. The van der Waals surface area contributed by atoms with Crippen LogP contribution in [0.1, 0.15) is 10.4 Å². The van der Waals surface area contributed by atoms with Crippen LogP contribution in [0.4, 0.5) is 0 Å². The van der Waals surface area contributed by atoms with Gasteiger partial charge in [0.2, 0.25) is 0 Å². The van der Waals surface area contributed by atoms with E-state index in [1.165, 1.54) is 0 Å². The number of nitrogens with zero attached hydrogens (tertiary/aromatic N) is 1. The fraction of sp³-hybridized carbons (Fsp3) is 0.0500. The minimum atomic E-state index is -0.898. The molecule has 1 aromatic heterocycles. The quantitative estimate of drug-likeness (QED) is 0.583. The van der Waals surface area contributed by atoms with Crippen molar-refractivity contribution in [1.82, 2.24) is 4.57 Å². The fourth-order valence-electron chi connectivity index (χ4n) is 3.28. The minimum Gasteiger partial charge on any atom is -0.478 e. The molecule has 4 aromatic rings. The topological polar surface area (TPSA) is 42.2 Å². The van der Waals surface area contributed by atoms with E-state index in [0.717, 1.165) is 32.9 Å². The molecule has 0 spiro atoms. The van der Waals surface area contributed by atoms with Crippen LogP contribution in [-0.4, -0.2) is 15.6 Å². The zero-order valence-corrected chi connectivity index (χ0v) is 12.7. The molecular weight excluding hydrogens is 286 g/mol. The Hall–Kier alpha value is -3.07. The highest BCUT2D eigenvalue weighted by Crippen LogP contribution is 2.34. The predicted molar refractivity (Wildman–Crippen MR) is 92.8 cm³/mol. The van der Waals surface area contributed by atoms with Crippen LogP contribution in [0.2, 0.25) is 0 Å². The lowest BCUT2D eigenvalue weighted by Crippen LogP contribution is -2.00. The number of hydrogen-bond donors (Lipinski definition) is 1. The Labute approximate surface area is 133 Å². The van der Waals surface area contributed by atoms with Gasteiger partial charge in [-0.05, 0) is 28.5 Å². The molecule has 0 saturated heterocycles. The van der Waals surface area contributed by atoms with Gasteiger partial charge < -0.3 is 9.67 Å². The van der Waals surface area contributed by atoms with Crippen molar-refractivity contribution in [2.24, 2.45) is 7.05 Å². The van der Waals surface area contributed by atoms with Crippen molar-refractivity contribution >= 4 is 27.6 Å². The van der Waals surface area contributed by atoms with E-state index < -0.39 is 5.97 Å². The zero-order valence-electron chi connectivity index (χ0n) is 12.7. The molecule has 1 N–H and O–H groups in total. The van der Waals surface area contributed by atoms with Gasteiger partial charge in [-0.1, -0.05) is 54.6 Å². The monoisotopic (exact) mass is 301 g/mol. The summed E-state index contributed by atoms with van der Waals surface area (Å²) in [5.74, 6) is -0.898. The highest BCUT2D eigenvalue weighted by atomic mass is 16.4. The van der Waals surface area contributed by atoms with Crippen LogP contribution in [0.3, 0.4) is 0 Å². The van der Waals surface area contributed by atoms with Crippen LogP contribution in [-0.2, 0) is 7.05 Å². The molecule has 0 fully saturated rings. The first-order chi connectivity index (χ1) is 11.2. The van der Waals surface area contributed by atoms with Crippen molar-refractivity contribution in [1.29, 1.82) is 0 Å². The van der Waals surface area contributed by atoms with Crippen LogP contribution in [0, 0.1) is 0 Å². The molecule has 1 heterocycles. The van der Waals surface area contributed by atoms with Crippen LogP contribution in [0.15, 0.2) is 66.7 Å². The molecule has 112 valence electrons. The van der Waals surface area contributed by atoms with Gasteiger partial charge in [0.05, 0.1) is 11.3 Å². The third-order valence-corrected chi connectivity index (χ3v) is 4.34. The average molecular weight is 301 g/mol. The lowest BCUT2D eigenvalue weighted by Gasteiger charge is -2.08. The fourth-order valence-corrected chi connectivity index (χ4v) is 3.28. The summed E-state index contributed by atoms with van der Waals surface area (Å²) in [5.41, 5.74) is 2.94. The van der Waals surface area contributed by atoms with Gasteiger partial charge in [-0.2, -0.15) is 0 Å². The maximum absolute atomic E-state index is 11.9. The SMILES string of the molecule is Cn1c(-c2ccc3ccccc3c2)c(C(=O)O)c2ccccc21. The second kappa shape index (κ2) is 4.99. The maximum Gasteiger partial charge on any atom is 0.338 e. The summed E-state index contributed by atoms with van der Waals surface area (Å²) in [7, 11) is 1.92. The summed E-state index contributed by atoms with van der Waals surface area (Å²) in [6, 6.07) is 21.8. The van der Waals surface area contributed by atoms with Crippen molar-refractivity contribution in [3.05, 3.63) is 72.3 Å². The van der Waals surface area contributed by atoms with Crippen LogP contribution in [0.5, 0.6) is 0 Å². The Morgan fingerprint density at radius 3 is 2.39 bits per heavy atom. The van der Waals surface area contributed by atoms with E-state index in [-0.39, 0.29) is 0 Å². The normalized spacial score (nSPS) is 11.2. The second-order valence-electron chi connectivity index (χ2n) is 5.67. The van der Waals surface area contributed by atoms with E-state index in [0.29, 0.717) is 5.56 Å². The smallest absolute Gasteiger partial charge is 0.338 e. The Balaban J connectivity index is 2.09. The van der Waals surface area contributed by atoms with Crippen molar-refractivity contribution in [2.45, 2.75) is 0 Å². The molecule has 23 heavy (non-hydrogen) atoms. The number of aromatic nitrogens is 1. The molecule has 0 unspecified atom stereocenters. The molecule has 0 aliphatic rings. The Kier molecular flexibility index (Phi) is 2.95. The largest absolute Gasteiger partial charge is 0.478 e. The zero-order chi connectivity index (χ0) is 16.0. The number of para-hydroxylation sites is 1. The van der Waals surface area contributed by atoms with Gasteiger partial charge in [0.1, 0.15) is 0 Å². The Morgan fingerprint density at radius 2 is 1.61 bits per heavy atom. The van der Waals surface area contributed by atoms with E-state index in [9.17, 15) is 9.90 Å². The Bertz CT molecular complexity index is 1060. The highest BCUT2D eigenvalue weighted by molar-refractivity contribution is 6.10.